The normalized spacial score (nSPS) is 11.9. The van der Waals surface area contributed by atoms with Crippen LogP contribution in [0.5, 0.6) is 0 Å². The first kappa shape index (κ1) is 28.6. The van der Waals surface area contributed by atoms with E-state index in [9.17, 15) is 0 Å². The van der Waals surface area contributed by atoms with Gasteiger partial charge in [0, 0.05) is 63.1 Å². The van der Waals surface area contributed by atoms with Crippen LogP contribution in [0.3, 0.4) is 0 Å². The maximum absolute atomic E-state index is 5.24. The number of nitrogens with zero attached hydrogens (tertiary/aromatic N) is 4. The van der Waals surface area contributed by atoms with E-state index in [-0.39, 0.29) is 0 Å². The van der Waals surface area contributed by atoms with E-state index in [1.54, 1.807) is 11.3 Å². The molecule has 0 unspecified atom stereocenters. The Morgan fingerprint density at radius 2 is 0.941 bits per heavy atom. The lowest BCUT2D eigenvalue weighted by molar-refractivity contribution is 1.08. The Morgan fingerprint density at radius 3 is 1.73 bits per heavy atom. The molecule has 0 spiro atoms. The smallest absolute Gasteiger partial charge is 0.165 e. The number of aromatic nitrogens is 4. The molecule has 7 aromatic carbocycles. The molecule has 11 rings (SSSR count). The van der Waals surface area contributed by atoms with Gasteiger partial charge in [-0.1, -0.05) is 121 Å². The first-order chi connectivity index (χ1) is 25.3. The molecular weight excluding hydrogens is 661 g/mol. The van der Waals surface area contributed by atoms with Gasteiger partial charge in [-0.25, -0.2) is 15.0 Å². The molecule has 0 bridgehead atoms. The second-order valence-corrected chi connectivity index (χ2v) is 14.9. The second-order valence-electron chi connectivity index (χ2n) is 12.8. The molecule has 4 heterocycles. The Kier molecular flexibility index (Phi) is 6.26. The maximum atomic E-state index is 5.24. The zero-order valence-corrected chi connectivity index (χ0v) is 28.7. The van der Waals surface area contributed by atoms with Crippen molar-refractivity contribution in [3.63, 3.8) is 0 Å². The molecule has 238 valence electrons. The lowest BCUT2D eigenvalue weighted by atomic mass is 10.1. The highest BCUT2D eigenvalue weighted by Crippen LogP contribution is 2.42. The summed E-state index contributed by atoms with van der Waals surface area (Å²) in [5.41, 5.74) is 6.38. The number of hydrogen-bond donors (Lipinski definition) is 0. The second kappa shape index (κ2) is 11.2. The molecule has 0 aliphatic carbocycles. The summed E-state index contributed by atoms with van der Waals surface area (Å²) in [4.78, 5) is 15.5. The summed E-state index contributed by atoms with van der Waals surface area (Å²) >= 11 is 3.64. The van der Waals surface area contributed by atoms with E-state index in [0.29, 0.717) is 17.5 Å². The van der Waals surface area contributed by atoms with E-state index in [4.69, 9.17) is 15.0 Å². The molecule has 0 fully saturated rings. The van der Waals surface area contributed by atoms with Crippen LogP contribution in [-0.2, 0) is 0 Å². The van der Waals surface area contributed by atoms with Crippen LogP contribution in [0.25, 0.3) is 102 Å². The van der Waals surface area contributed by atoms with Gasteiger partial charge in [-0.2, -0.15) is 0 Å². The van der Waals surface area contributed by atoms with Gasteiger partial charge in [0.2, 0.25) is 0 Å². The van der Waals surface area contributed by atoms with Gasteiger partial charge in [0.05, 0.1) is 21.4 Å². The summed E-state index contributed by atoms with van der Waals surface area (Å²) in [5.74, 6) is 1.98. The molecule has 0 atom stereocenters. The average Bonchev–Trinajstić information content (AvgIpc) is 3.87. The minimum Gasteiger partial charge on any atom is -0.308 e. The number of para-hydroxylation sites is 1. The number of rotatable bonds is 4. The number of benzene rings is 7. The molecule has 0 amide bonds. The van der Waals surface area contributed by atoms with Gasteiger partial charge < -0.3 is 4.57 Å². The highest BCUT2D eigenvalue weighted by Gasteiger charge is 2.20. The maximum Gasteiger partial charge on any atom is 0.165 e. The van der Waals surface area contributed by atoms with Crippen molar-refractivity contribution in [3.8, 4) is 39.9 Å². The average molecular weight is 687 g/mol. The molecule has 0 aliphatic rings. The minimum absolute atomic E-state index is 0.649. The first-order valence-corrected chi connectivity index (χ1v) is 18.6. The van der Waals surface area contributed by atoms with Crippen LogP contribution in [0.4, 0.5) is 0 Å². The van der Waals surface area contributed by atoms with Gasteiger partial charge in [-0.3, -0.25) is 0 Å². The lowest BCUT2D eigenvalue weighted by Gasteiger charge is -2.11. The van der Waals surface area contributed by atoms with Crippen molar-refractivity contribution in [2.75, 3.05) is 0 Å². The fourth-order valence-corrected chi connectivity index (χ4v) is 9.96. The van der Waals surface area contributed by atoms with Crippen molar-refractivity contribution in [2.24, 2.45) is 0 Å². The van der Waals surface area contributed by atoms with Gasteiger partial charge in [-0.15, -0.1) is 22.7 Å². The van der Waals surface area contributed by atoms with Gasteiger partial charge in [-0.05, 0) is 36.4 Å². The van der Waals surface area contributed by atoms with E-state index >= 15 is 0 Å². The zero-order chi connectivity index (χ0) is 33.5. The van der Waals surface area contributed by atoms with Crippen molar-refractivity contribution in [2.45, 2.75) is 0 Å². The van der Waals surface area contributed by atoms with Crippen LogP contribution in [0.1, 0.15) is 0 Å². The summed E-state index contributed by atoms with van der Waals surface area (Å²) in [6, 6.07) is 56.0. The molecule has 0 aliphatic heterocycles. The van der Waals surface area contributed by atoms with Crippen LogP contribution >= 0.6 is 22.7 Å². The van der Waals surface area contributed by atoms with Gasteiger partial charge in [0.25, 0.3) is 0 Å². The van der Waals surface area contributed by atoms with Crippen LogP contribution in [0.2, 0.25) is 0 Å². The Bertz CT molecular complexity index is 3150. The lowest BCUT2D eigenvalue weighted by Crippen LogP contribution is -2.00. The molecular formula is C45H26N4S2. The third-order valence-corrected chi connectivity index (χ3v) is 12.3. The van der Waals surface area contributed by atoms with Crippen molar-refractivity contribution in [1.29, 1.82) is 0 Å². The van der Waals surface area contributed by atoms with E-state index < -0.39 is 0 Å². The highest BCUT2D eigenvalue weighted by atomic mass is 32.1. The predicted octanol–water partition coefficient (Wildman–Crippen LogP) is 12.7. The summed E-state index contributed by atoms with van der Waals surface area (Å²) in [7, 11) is 0. The minimum atomic E-state index is 0.649. The quantitative estimate of drug-likeness (QED) is 0.185. The van der Waals surface area contributed by atoms with Crippen LogP contribution < -0.4 is 0 Å². The molecule has 4 nitrogen and oxygen atoms in total. The first-order valence-electron chi connectivity index (χ1n) is 16.9. The standard InChI is InChI=1S/C45H26N4S2/c1-2-12-27(13-3-1)43-46-44(48-45(47-43)35-19-10-17-33-31-15-5-8-22-39(31)50-41(33)35)28-24-25-30-29-14-4-7-20-36(29)49(38(30)26-28)37-21-11-18-34-32-16-6-9-23-40(32)51-42(34)37/h1-26H. The molecule has 0 N–H and O–H groups in total. The van der Waals surface area contributed by atoms with Gasteiger partial charge >= 0.3 is 0 Å². The van der Waals surface area contributed by atoms with Crippen LogP contribution in [-0.4, -0.2) is 19.5 Å². The van der Waals surface area contributed by atoms with E-state index in [1.165, 1.54) is 62.3 Å². The summed E-state index contributed by atoms with van der Waals surface area (Å²) in [6.07, 6.45) is 0. The molecule has 11 aromatic rings. The van der Waals surface area contributed by atoms with E-state index in [2.05, 4.69) is 144 Å². The van der Waals surface area contributed by atoms with E-state index in [1.807, 2.05) is 29.5 Å². The van der Waals surface area contributed by atoms with Crippen LogP contribution in [0.15, 0.2) is 158 Å². The topological polar surface area (TPSA) is 43.6 Å². The van der Waals surface area contributed by atoms with Gasteiger partial charge in [0.1, 0.15) is 0 Å². The number of thiophene rings is 2. The Balaban J connectivity index is 1.17. The van der Waals surface area contributed by atoms with Crippen molar-refractivity contribution < 1.29 is 0 Å². The molecule has 4 aromatic heterocycles. The highest BCUT2D eigenvalue weighted by molar-refractivity contribution is 7.26. The molecule has 6 heteroatoms. The SMILES string of the molecule is c1ccc(-c2nc(-c3ccc4c5ccccc5n(-c5cccc6c5sc5ccccc56)c4c3)nc(-c3cccc4c3sc3ccccc34)n2)cc1. The Labute approximate surface area is 300 Å². The van der Waals surface area contributed by atoms with Gasteiger partial charge in [0.15, 0.2) is 17.5 Å². The number of hydrogen-bond acceptors (Lipinski definition) is 5. The largest absolute Gasteiger partial charge is 0.308 e. The molecule has 0 radical (unpaired) electrons. The Morgan fingerprint density at radius 1 is 0.373 bits per heavy atom. The fourth-order valence-electron chi connectivity index (χ4n) is 7.54. The molecule has 0 saturated carbocycles. The van der Waals surface area contributed by atoms with Crippen molar-refractivity contribution in [3.05, 3.63) is 158 Å². The third kappa shape index (κ3) is 4.40. The molecule has 0 saturated heterocycles. The summed E-state index contributed by atoms with van der Waals surface area (Å²) < 4.78 is 7.42. The molecule has 51 heavy (non-hydrogen) atoms. The summed E-state index contributed by atoms with van der Waals surface area (Å²) in [6.45, 7) is 0. The van der Waals surface area contributed by atoms with Crippen molar-refractivity contribution >= 4 is 84.8 Å². The third-order valence-electron chi connectivity index (χ3n) is 9.87. The zero-order valence-electron chi connectivity index (χ0n) is 27.1. The Hall–Kier alpha value is -6.21. The fraction of sp³-hybridized carbons (Fsp3) is 0. The monoisotopic (exact) mass is 686 g/mol. The number of fused-ring (bicyclic) bond motifs is 9. The van der Waals surface area contributed by atoms with Crippen LogP contribution in [0, 0.1) is 0 Å². The summed E-state index contributed by atoms with van der Waals surface area (Å²) in [5, 5.41) is 7.46. The van der Waals surface area contributed by atoms with Crippen molar-refractivity contribution in [1.82, 2.24) is 19.5 Å². The predicted molar refractivity (Wildman–Crippen MR) is 216 cm³/mol. The van der Waals surface area contributed by atoms with E-state index in [0.717, 1.165) is 22.2 Å².